The standard InChI is InChI=1S/C22H24N2O3S2/c1-15(2)17-8-10-18(11-9-17)24-19-13-29(26,27)14-20(19)28-22(24)23-21(25)12-16-6-4-3-5-7-16/h3-11,15,19-20H,12-14H2,1-2H3/t19-,20-/m1/s1. The Bertz CT molecular complexity index is 1030. The van der Waals surface area contributed by atoms with Crippen LogP contribution in [0, 0.1) is 0 Å². The van der Waals surface area contributed by atoms with Gasteiger partial charge < -0.3 is 4.90 Å². The molecule has 152 valence electrons. The predicted molar refractivity (Wildman–Crippen MR) is 119 cm³/mol. The largest absolute Gasteiger partial charge is 0.316 e. The number of amidine groups is 1. The summed E-state index contributed by atoms with van der Waals surface area (Å²) in [5, 5.41) is 0.515. The predicted octanol–water partition coefficient (Wildman–Crippen LogP) is 3.65. The zero-order chi connectivity index (χ0) is 20.6. The number of sulfone groups is 1. The minimum atomic E-state index is -3.07. The van der Waals surface area contributed by atoms with E-state index in [1.54, 1.807) is 0 Å². The average molecular weight is 429 g/mol. The van der Waals surface area contributed by atoms with E-state index in [1.165, 1.54) is 17.3 Å². The van der Waals surface area contributed by atoms with Crippen LogP contribution in [0.4, 0.5) is 5.69 Å². The molecule has 1 amide bonds. The second-order valence-electron chi connectivity index (χ2n) is 7.87. The molecule has 2 aromatic carbocycles. The Morgan fingerprint density at radius 3 is 2.45 bits per heavy atom. The van der Waals surface area contributed by atoms with Crippen LogP contribution in [0.5, 0.6) is 0 Å². The first-order valence-electron chi connectivity index (χ1n) is 9.74. The van der Waals surface area contributed by atoms with Crippen molar-refractivity contribution < 1.29 is 13.2 Å². The number of fused-ring (bicyclic) bond motifs is 1. The van der Waals surface area contributed by atoms with E-state index in [4.69, 9.17) is 0 Å². The number of anilines is 1. The molecule has 29 heavy (non-hydrogen) atoms. The summed E-state index contributed by atoms with van der Waals surface area (Å²) in [7, 11) is -3.07. The van der Waals surface area contributed by atoms with Crippen LogP contribution in [0.2, 0.25) is 0 Å². The Morgan fingerprint density at radius 2 is 1.79 bits per heavy atom. The van der Waals surface area contributed by atoms with E-state index < -0.39 is 9.84 Å². The second-order valence-corrected chi connectivity index (χ2v) is 11.2. The highest BCUT2D eigenvalue weighted by molar-refractivity contribution is 8.16. The van der Waals surface area contributed by atoms with Crippen molar-refractivity contribution in [1.82, 2.24) is 0 Å². The van der Waals surface area contributed by atoms with Crippen LogP contribution in [0.3, 0.4) is 0 Å². The molecule has 0 bridgehead atoms. The molecule has 2 aliphatic heterocycles. The molecular formula is C22H24N2O3S2. The maximum absolute atomic E-state index is 12.6. The minimum Gasteiger partial charge on any atom is -0.316 e. The van der Waals surface area contributed by atoms with E-state index in [0.717, 1.165) is 11.3 Å². The van der Waals surface area contributed by atoms with Gasteiger partial charge in [-0.2, -0.15) is 4.99 Å². The first-order chi connectivity index (χ1) is 13.8. The van der Waals surface area contributed by atoms with Gasteiger partial charge in [0.05, 0.1) is 24.0 Å². The molecule has 0 saturated carbocycles. The van der Waals surface area contributed by atoms with E-state index in [-0.39, 0.29) is 35.1 Å². The minimum absolute atomic E-state index is 0.0898. The maximum Gasteiger partial charge on any atom is 0.252 e. The number of aliphatic imine (C=N–C) groups is 1. The Labute approximate surface area is 176 Å². The number of amides is 1. The normalized spacial score (nSPS) is 24.2. The molecule has 2 aromatic rings. The van der Waals surface area contributed by atoms with Gasteiger partial charge in [0.1, 0.15) is 0 Å². The van der Waals surface area contributed by atoms with E-state index in [0.29, 0.717) is 11.1 Å². The number of hydrogen-bond donors (Lipinski definition) is 0. The van der Waals surface area contributed by atoms with Crippen LogP contribution in [-0.4, -0.2) is 42.3 Å². The van der Waals surface area contributed by atoms with Crippen LogP contribution < -0.4 is 4.90 Å². The monoisotopic (exact) mass is 428 g/mol. The Morgan fingerprint density at radius 1 is 1.10 bits per heavy atom. The number of thioether (sulfide) groups is 1. The summed E-state index contributed by atoms with van der Waals surface area (Å²) < 4.78 is 24.4. The zero-order valence-electron chi connectivity index (χ0n) is 16.5. The first-order valence-corrected chi connectivity index (χ1v) is 12.4. The van der Waals surface area contributed by atoms with Crippen LogP contribution in [0.25, 0.3) is 0 Å². The quantitative estimate of drug-likeness (QED) is 0.744. The van der Waals surface area contributed by atoms with Crippen LogP contribution in [0.15, 0.2) is 59.6 Å². The first kappa shape index (κ1) is 20.2. The van der Waals surface area contributed by atoms with Gasteiger partial charge in [0.2, 0.25) is 0 Å². The number of carbonyl (C=O) groups excluding carboxylic acids is 1. The molecule has 7 heteroatoms. The maximum atomic E-state index is 12.6. The van der Waals surface area contributed by atoms with Crippen LogP contribution in [0.1, 0.15) is 30.9 Å². The van der Waals surface area contributed by atoms with Gasteiger partial charge in [-0.1, -0.05) is 68.1 Å². The Balaban J connectivity index is 1.64. The highest BCUT2D eigenvalue weighted by Crippen LogP contribution is 2.41. The lowest BCUT2D eigenvalue weighted by molar-refractivity contribution is -0.117. The SMILES string of the molecule is CC(C)c1ccc(N2C(=NC(=O)Cc3ccccc3)S[C@@H]3CS(=O)(=O)C[C@H]32)cc1. The molecule has 0 unspecified atom stereocenters. The smallest absolute Gasteiger partial charge is 0.252 e. The summed E-state index contributed by atoms with van der Waals surface area (Å²) in [5.74, 6) is 0.430. The summed E-state index contributed by atoms with van der Waals surface area (Å²) in [6, 6.07) is 17.5. The molecule has 2 aliphatic rings. The van der Waals surface area contributed by atoms with Gasteiger partial charge in [0.25, 0.3) is 5.91 Å². The molecule has 0 spiro atoms. The third-order valence-electron chi connectivity index (χ3n) is 5.32. The highest BCUT2D eigenvalue weighted by Gasteiger charge is 2.49. The van der Waals surface area contributed by atoms with E-state index in [1.807, 2.05) is 47.4 Å². The fourth-order valence-corrected chi connectivity index (χ4v) is 7.73. The molecule has 2 atom stereocenters. The summed E-state index contributed by atoms with van der Waals surface area (Å²) in [6.45, 7) is 4.27. The van der Waals surface area contributed by atoms with Gasteiger partial charge in [-0.15, -0.1) is 0 Å². The van der Waals surface area contributed by atoms with Gasteiger partial charge >= 0.3 is 0 Å². The van der Waals surface area contributed by atoms with Crippen molar-refractivity contribution in [3.8, 4) is 0 Å². The highest BCUT2D eigenvalue weighted by atomic mass is 32.2. The van der Waals surface area contributed by atoms with Gasteiger partial charge in [0.15, 0.2) is 15.0 Å². The van der Waals surface area contributed by atoms with E-state index >= 15 is 0 Å². The van der Waals surface area contributed by atoms with Crippen molar-refractivity contribution in [3.63, 3.8) is 0 Å². The Hall–Kier alpha value is -2.12. The van der Waals surface area contributed by atoms with Crippen molar-refractivity contribution in [1.29, 1.82) is 0 Å². The lowest BCUT2D eigenvalue weighted by Gasteiger charge is -2.25. The van der Waals surface area contributed by atoms with E-state index in [2.05, 4.69) is 31.0 Å². The summed E-state index contributed by atoms with van der Waals surface area (Å²) in [4.78, 5) is 18.9. The van der Waals surface area contributed by atoms with Crippen molar-refractivity contribution in [2.24, 2.45) is 4.99 Å². The zero-order valence-corrected chi connectivity index (χ0v) is 18.1. The van der Waals surface area contributed by atoms with Crippen LogP contribution >= 0.6 is 11.8 Å². The Kier molecular flexibility index (Phi) is 5.53. The number of benzene rings is 2. The lowest BCUT2D eigenvalue weighted by atomic mass is 10.0. The van der Waals surface area contributed by atoms with Crippen molar-refractivity contribution >= 4 is 38.4 Å². The molecule has 4 rings (SSSR count). The van der Waals surface area contributed by atoms with Crippen molar-refractivity contribution in [3.05, 3.63) is 65.7 Å². The number of nitrogens with zero attached hydrogens (tertiary/aromatic N) is 2. The van der Waals surface area contributed by atoms with Crippen LogP contribution in [-0.2, 0) is 21.1 Å². The fraction of sp³-hybridized carbons (Fsp3) is 0.364. The summed E-state index contributed by atoms with van der Waals surface area (Å²) in [6.07, 6.45) is 0.235. The average Bonchev–Trinajstić information content (AvgIpc) is 3.13. The number of rotatable bonds is 4. The molecule has 2 heterocycles. The molecular weight excluding hydrogens is 404 g/mol. The summed E-state index contributed by atoms with van der Waals surface area (Å²) in [5.41, 5.74) is 3.02. The molecule has 5 nitrogen and oxygen atoms in total. The topological polar surface area (TPSA) is 66.8 Å². The lowest BCUT2D eigenvalue weighted by Crippen LogP contribution is -2.37. The van der Waals surface area contributed by atoms with E-state index in [9.17, 15) is 13.2 Å². The number of carbonyl (C=O) groups is 1. The third kappa shape index (κ3) is 4.41. The fourth-order valence-electron chi connectivity index (χ4n) is 3.80. The van der Waals surface area contributed by atoms with Crippen molar-refractivity contribution in [2.45, 2.75) is 37.5 Å². The van der Waals surface area contributed by atoms with Gasteiger partial charge in [0, 0.05) is 10.9 Å². The second kappa shape index (κ2) is 7.95. The molecule has 0 aliphatic carbocycles. The number of hydrogen-bond acceptors (Lipinski definition) is 4. The summed E-state index contributed by atoms with van der Waals surface area (Å²) >= 11 is 1.41. The van der Waals surface area contributed by atoms with Gasteiger partial charge in [-0.25, -0.2) is 8.42 Å². The molecule has 0 aromatic heterocycles. The van der Waals surface area contributed by atoms with Gasteiger partial charge in [-0.3, -0.25) is 4.79 Å². The van der Waals surface area contributed by atoms with Crippen molar-refractivity contribution in [2.75, 3.05) is 16.4 Å². The third-order valence-corrected chi connectivity index (χ3v) is 8.53. The molecule has 2 fully saturated rings. The molecule has 2 saturated heterocycles. The molecule has 0 N–H and O–H groups in total. The van der Waals surface area contributed by atoms with Gasteiger partial charge in [-0.05, 0) is 29.2 Å². The molecule has 0 radical (unpaired) electrons.